The van der Waals surface area contributed by atoms with Crippen molar-refractivity contribution < 1.29 is 18.0 Å². The lowest BCUT2D eigenvalue weighted by atomic mass is 10.1. The van der Waals surface area contributed by atoms with Crippen molar-refractivity contribution in [1.82, 2.24) is 10.2 Å². The fourth-order valence-electron chi connectivity index (χ4n) is 4.03. The Bertz CT molecular complexity index is 1410. The summed E-state index contributed by atoms with van der Waals surface area (Å²) in [6, 6.07) is 19.6. The van der Waals surface area contributed by atoms with Crippen molar-refractivity contribution in [1.29, 1.82) is 0 Å². The number of nitrogens with one attached hydrogen (secondary N) is 1. The van der Waals surface area contributed by atoms with Crippen LogP contribution in [0.4, 0.5) is 5.69 Å². The van der Waals surface area contributed by atoms with Crippen LogP contribution in [0.3, 0.4) is 0 Å². The van der Waals surface area contributed by atoms with Gasteiger partial charge >= 0.3 is 0 Å². The number of benzene rings is 3. The Balaban J connectivity index is 2.03. The van der Waals surface area contributed by atoms with Gasteiger partial charge in [0.25, 0.3) is 10.0 Å². The molecule has 9 heteroatoms. The lowest BCUT2D eigenvalue weighted by molar-refractivity contribution is -0.139. The van der Waals surface area contributed by atoms with Crippen LogP contribution in [0.1, 0.15) is 43.9 Å². The highest BCUT2D eigenvalue weighted by molar-refractivity contribution is 7.92. The Kier molecular flexibility index (Phi) is 10.2. The number of sulfonamides is 1. The zero-order valence-corrected chi connectivity index (χ0v) is 24.6. The van der Waals surface area contributed by atoms with Crippen molar-refractivity contribution in [2.24, 2.45) is 0 Å². The van der Waals surface area contributed by atoms with E-state index in [2.05, 4.69) is 5.32 Å². The van der Waals surface area contributed by atoms with Gasteiger partial charge in [0.05, 0.1) is 10.6 Å². The zero-order chi connectivity index (χ0) is 28.7. The van der Waals surface area contributed by atoms with Crippen LogP contribution in [-0.4, -0.2) is 43.8 Å². The molecule has 3 rings (SSSR count). The molecule has 3 aromatic carbocycles. The minimum atomic E-state index is -4.10. The summed E-state index contributed by atoms with van der Waals surface area (Å²) < 4.78 is 28.8. The van der Waals surface area contributed by atoms with Gasteiger partial charge in [0.15, 0.2) is 0 Å². The molecule has 0 aliphatic heterocycles. The van der Waals surface area contributed by atoms with Crippen LogP contribution < -0.4 is 9.62 Å². The minimum Gasteiger partial charge on any atom is -0.352 e. The number of aryl methyl sites for hydroxylation is 2. The standard InChI is InChI=1S/C30H36ClN3O4S/c1-6-23(4)32-30(36)24(5)33(19-25-10-8-11-26(31)18-25)29(35)20-34(27-12-7-9-22(3)17-27)39(37,38)28-15-13-21(2)14-16-28/h7-18,23-24H,6,19-20H2,1-5H3,(H,32,36)/t23-,24-/m1/s1. The summed E-state index contributed by atoms with van der Waals surface area (Å²) in [7, 11) is -4.10. The molecule has 0 heterocycles. The molecule has 0 spiro atoms. The molecule has 7 nitrogen and oxygen atoms in total. The first-order chi connectivity index (χ1) is 18.4. The van der Waals surface area contributed by atoms with Crippen molar-refractivity contribution in [3.05, 3.63) is 94.5 Å². The average Bonchev–Trinajstić information content (AvgIpc) is 2.89. The first-order valence-corrected chi connectivity index (χ1v) is 14.7. The van der Waals surface area contributed by atoms with Crippen molar-refractivity contribution in [2.45, 2.75) is 64.6 Å². The summed E-state index contributed by atoms with van der Waals surface area (Å²) in [5.41, 5.74) is 2.85. The predicted octanol–water partition coefficient (Wildman–Crippen LogP) is 5.48. The number of amides is 2. The van der Waals surface area contributed by atoms with E-state index in [0.717, 1.165) is 27.4 Å². The largest absolute Gasteiger partial charge is 0.352 e. The maximum absolute atomic E-state index is 13.9. The number of halogens is 1. The second kappa shape index (κ2) is 13.1. The van der Waals surface area contributed by atoms with Crippen LogP contribution in [0.25, 0.3) is 0 Å². The van der Waals surface area contributed by atoms with Crippen LogP contribution >= 0.6 is 11.6 Å². The molecule has 0 aliphatic carbocycles. The molecule has 2 amide bonds. The Morgan fingerprint density at radius 3 is 2.21 bits per heavy atom. The van der Waals surface area contributed by atoms with E-state index in [1.54, 1.807) is 55.5 Å². The molecule has 0 saturated heterocycles. The number of hydrogen-bond acceptors (Lipinski definition) is 4. The quantitative estimate of drug-likeness (QED) is 0.331. The molecule has 0 bridgehead atoms. The van der Waals surface area contributed by atoms with Crippen LogP contribution in [0.2, 0.25) is 5.02 Å². The fourth-order valence-corrected chi connectivity index (χ4v) is 5.65. The third-order valence-corrected chi connectivity index (χ3v) is 8.61. The van der Waals surface area contributed by atoms with Gasteiger partial charge in [-0.1, -0.05) is 60.5 Å². The van der Waals surface area contributed by atoms with Crippen LogP contribution in [0, 0.1) is 13.8 Å². The van der Waals surface area contributed by atoms with Crippen molar-refractivity contribution in [2.75, 3.05) is 10.8 Å². The van der Waals surface area contributed by atoms with E-state index in [1.165, 1.54) is 17.0 Å². The SMILES string of the molecule is CC[C@@H](C)NC(=O)[C@@H](C)N(Cc1cccc(Cl)c1)C(=O)CN(c1cccc(C)c1)S(=O)(=O)c1ccc(C)cc1. The summed E-state index contributed by atoms with van der Waals surface area (Å²) in [6.07, 6.45) is 0.733. The molecule has 2 atom stereocenters. The second-order valence-corrected chi connectivity index (χ2v) is 12.1. The summed E-state index contributed by atoms with van der Waals surface area (Å²) in [5.74, 6) is -0.831. The van der Waals surface area contributed by atoms with Gasteiger partial charge in [-0.05, 0) is 81.6 Å². The summed E-state index contributed by atoms with van der Waals surface area (Å²) in [6.45, 7) is 8.82. The van der Waals surface area contributed by atoms with E-state index in [9.17, 15) is 18.0 Å². The first kappa shape index (κ1) is 30.2. The van der Waals surface area contributed by atoms with Gasteiger partial charge in [0.2, 0.25) is 11.8 Å². The Morgan fingerprint density at radius 1 is 0.923 bits per heavy atom. The molecule has 0 radical (unpaired) electrons. The normalized spacial score (nSPS) is 12.9. The first-order valence-electron chi connectivity index (χ1n) is 12.9. The predicted molar refractivity (Wildman–Crippen MR) is 156 cm³/mol. The van der Waals surface area contributed by atoms with Gasteiger partial charge in [-0.3, -0.25) is 13.9 Å². The Labute approximate surface area is 236 Å². The topological polar surface area (TPSA) is 86.8 Å². The van der Waals surface area contributed by atoms with Crippen molar-refractivity contribution in [3.8, 4) is 0 Å². The minimum absolute atomic E-state index is 0.0752. The van der Waals surface area contributed by atoms with E-state index >= 15 is 0 Å². The number of carbonyl (C=O) groups excluding carboxylic acids is 2. The Morgan fingerprint density at radius 2 is 1.59 bits per heavy atom. The molecule has 3 aromatic rings. The van der Waals surface area contributed by atoms with E-state index < -0.39 is 28.5 Å². The van der Waals surface area contributed by atoms with Crippen LogP contribution in [-0.2, 0) is 26.2 Å². The number of anilines is 1. The molecule has 208 valence electrons. The molecule has 0 saturated carbocycles. The molecule has 0 aromatic heterocycles. The number of rotatable bonds is 11. The molecular weight excluding hydrogens is 534 g/mol. The van der Waals surface area contributed by atoms with E-state index in [4.69, 9.17) is 11.6 Å². The maximum Gasteiger partial charge on any atom is 0.264 e. The second-order valence-electron chi connectivity index (χ2n) is 9.81. The van der Waals surface area contributed by atoms with Gasteiger partial charge in [0.1, 0.15) is 12.6 Å². The third-order valence-electron chi connectivity index (χ3n) is 6.59. The lowest BCUT2D eigenvalue weighted by Crippen LogP contribution is -2.52. The number of carbonyl (C=O) groups is 2. The fraction of sp³-hybridized carbons (Fsp3) is 0.333. The average molecular weight is 570 g/mol. The molecule has 0 aliphatic rings. The van der Waals surface area contributed by atoms with Gasteiger partial charge in [-0.25, -0.2) is 8.42 Å². The molecule has 0 fully saturated rings. The molecule has 0 unspecified atom stereocenters. The van der Waals surface area contributed by atoms with Gasteiger partial charge < -0.3 is 10.2 Å². The highest BCUT2D eigenvalue weighted by atomic mass is 35.5. The molecular formula is C30H36ClN3O4S. The van der Waals surface area contributed by atoms with E-state index in [1.807, 2.05) is 39.8 Å². The van der Waals surface area contributed by atoms with Gasteiger partial charge in [0, 0.05) is 17.6 Å². The summed E-state index contributed by atoms with van der Waals surface area (Å²) >= 11 is 6.19. The lowest BCUT2D eigenvalue weighted by Gasteiger charge is -2.32. The molecule has 1 N–H and O–H groups in total. The van der Waals surface area contributed by atoms with Crippen molar-refractivity contribution in [3.63, 3.8) is 0 Å². The van der Waals surface area contributed by atoms with E-state index in [0.29, 0.717) is 10.7 Å². The van der Waals surface area contributed by atoms with Gasteiger partial charge in [-0.2, -0.15) is 0 Å². The highest BCUT2D eigenvalue weighted by Crippen LogP contribution is 2.26. The summed E-state index contributed by atoms with van der Waals surface area (Å²) in [5, 5.41) is 3.42. The van der Waals surface area contributed by atoms with E-state index in [-0.39, 0.29) is 23.4 Å². The van der Waals surface area contributed by atoms with Gasteiger partial charge in [-0.15, -0.1) is 0 Å². The highest BCUT2D eigenvalue weighted by Gasteiger charge is 2.32. The zero-order valence-electron chi connectivity index (χ0n) is 23.0. The third kappa shape index (κ3) is 7.83. The monoisotopic (exact) mass is 569 g/mol. The van der Waals surface area contributed by atoms with Crippen LogP contribution in [0.5, 0.6) is 0 Å². The van der Waals surface area contributed by atoms with Crippen molar-refractivity contribution >= 4 is 39.1 Å². The number of nitrogens with zero attached hydrogens (tertiary/aromatic N) is 2. The van der Waals surface area contributed by atoms with Crippen LogP contribution in [0.15, 0.2) is 77.7 Å². The maximum atomic E-state index is 13.9. The number of hydrogen-bond donors (Lipinski definition) is 1. The smallest absolute Gasteiger partial charge is 0.264 e. The molecule has 39 heavy (non-hydrogen) atoms. The Hall–Kier alpha value is -3.36. The summed E-state index contributed by atoms with van der Waals surface area (Å²) in [4.78, 5) is 28.5.